The number of rotatable bonds is 17. The highest BCUT2D eigenvalue weighted by Crippen LogP contribution is 2.30. The third-order valence-electron chi connectivity index (χ3n) is 7.61. The molecule has 0 bridgehead atoms. The molecule has 6 heteroatoms. The van der Waals surface area contributed by atoms with Crippen molar-refractivity contribution in [1.29, 1.82) is 0 Å². The second-order valence-corrected chi connectivity index (χ2v) is 10.7. The van der Waals surface area contributed by atoms with Crippen molar-refractivity contribution in [3.05, 3.63) is 108 Å². The molecule has 4 rings (SSSR count). The molecule has 0 aliphatic heterocycles. The first-order chi connectivity index (χ1) is 20.5. The lowest BCUT2D eigenvalue weighted by Crippen LogP contribution is -2.40. The van der Waals surface area contributed by atoms with Gasteiger partial charge in [-0.1, -0.05) is 105 Å². The number of aliphatic carboxylic acids is 1. The number of allylic oxidation sites excluding steroid dienone is 2. The molecule has 3 aromatic carbocycles. The van der Waals surface area contributed by atoms with Gasteiger partial charge in [0.1, 0.15) is 5.75 Å². The third kappa shape index (κ3) is 8.92. The Morgan fingerprint density at radius 2 is 1.24 bits per heavy atom. The quantitative estimate of drug-likeness (QED) is 0.159. The molecule has 1 unspecified atom stereocenters. The van der Waals surface area contributed by atoms with Crippen molar-refractivity contribution in [2.45, 2.75) is 63.4 Å². The second-order valence-electron chi connectivity index (χ2n) is 10.7. The number of carbonyl (C=O) groups is 2. The largest absolute Gasteiger partial charge is 0.494 e. The zero-order chi connectivity index (χ0) is 29.6. The van der Waals surface area contributed by atoms with E-state index >= 15 is 0 Å². The van der Waals surface area contributed by atoms with Crippen LogP contribution in [0.4, 0.5) is 0 Å². The molecule has 42 heavy (non-hydrogen) atoms. The molecule has 0 fully saturated rings. The molecule has 3 aromatic rings. The molecule has 220 valence electrons. The van der Waals surface area contributed by atoms with Gasteiger partial charge in [0.25, 0.3) is 0 Å². The summed E-state index contributed by atoms with van der Waals surface area (Å²) in [6.45, 7) is 1.13. The standard InChI is InChI=1S/C36H40O6/c37-34(38)32-16-14-29(15-17-32)30-18-20-33(21-19-30)41-26-10-5-3-1-2-4-6-11-27-42-36(35(39)40)24-22-31(23-25-36)28-12-8-7-9-13-28/h7-9,12-24H,1-6,10-11,25-27H2,(H,37,38)(H,39,40). The maximum absolute atomic E-state index is 12.0. The summed E-state index contributed by atoms with van der Waals surface area (Å²) in [6, 6.07) is 24.7. The van der Waals surface area contributed by atoms with E-state index in [-0.39, 0.29) is 5.56 Å². The molecular formula is C36H40O6. The highest BCUT2D eigenvalue weighted by Gasteiger charge is 2.37. The van der Waals surface area contributed by atoms with Crippen LogP contribution >= 0.6 is 0 Å². The Kier molecular flexibility index (Phi) is 11.5. The highest BCUT2D eigenvalue weighted by molar-refractivity contribution is 5.88. The van der Waals surface area contributed by atoms with Gasteiger partial charge in [0, 0.05) is 13.0 Å². The highest BCUT2D eigenvalue weighted by atomic mass is 16.5. The first-order valence-electron chi connectivity index (χ1n) is 14.9. The predicted molar refractivity (Wildman–Crippen MR) is 166 cm³/mol. The zero-order valence-corrected chi connectivity index (χ0v) is 24.0. The monoisotopic (exact) mass is 568 g/mol. The second kappa shape index (κ2) is 15.7. The average Bonchev–Trinajstić information content (AvgIpc) is 3.02. The van der Waals surface area contributed by atoms with Gasteiger partial charge in [-0.15, -0.1) is 0 Å². The zero-order valence-electron chi connectivity index (χ0n) is 24.0. The van der Waals surface area contributed by atoms with E-state index in [2.05, 4.69) is 0 Å². The Hall–Kier alpha value is -4.16. The van der Waals surface area contributed by atoms with E-state index < -0.39 is 17.5 Å². The van der Waals surface area contributed by atoms with Crippen molar-refractivity contribution in [1.82, 2.24) is 0 Å². The molecule has 0 saturated heterocycles. The van der Waals surface area contributed by atoms with Crippen molar-refractivity contribution in [2.24, 2.45) is 0 Å². The number of carboxylic acids is 2. The van der Waals surface area contributed by atoms with Crippen LogP contribution < -0.4 is 4.74 Å². The summed E-state index contributed by atoms with van der Waals surface area (Å²) in [5.74, 6) is -1.02. The number of ether oxygens (including phenoxy) is 2. The molecule has 1 atom stereocenters. The summed E-state index contributed by atoms with van der Waals surface area (Å²) in [5.41, 5.74) is 3.11. The molecule has 0 aromatic heterocycles. The Bertz CT molecular complexity index is 1340. The van der Waals surface area contributed by atoms with E-state index in [9.17, 15) is 14.7 Å². The normalized spacial score (nSPS) is 16.1. The topological polar surface area (TPSA) is 93.1 Å². The molecule has 0 heterocycles. The van der Waals surface area contributed by atoms with E-state index in [0.29, 0.717) is 19.6 Å². The SMILES string of the molecule is O=C(O)c1ccc(-c2ccc(OCCCCCCCCCCOC3(C(=O)O)C=CC(c4ccccc4)=CC3)cc2)cc1. The first kappa shape index (κ1) is 30.8. The van der Waals surface area contributed by atoms with Gasteiger partial charge in [-0.3, -0.25) is 0 Å². The van der Waals surface area contributed by atoms with Gasteiger partial charge >= 0.3 is 11.9 Å². The van der Waals surface area contributed by atoms with E-state index in [0.717, 1.165) is 60.1 Å². The molecule has 6 nitrogen and oxygen atoms in total. The smallest absolute Gasteiger partial charge is 0.340 e. The van der Waals surface area contributed by atoms with Crippen LogP contribution in [-0.4, -0.2) is 41.0 Å². The van der Waals surface area contributed by atoms with Crippen LogP contribution in [0, 0.1) is 0 Å². The number of unbranched alkanes of at least 4 members (excludes halogenated alkanes) is 7. The van der Waals surface area contributed by atoms with Crippen LogP contribution in [0.2, 0.25) is 0 Å². The summed E-state index contributed by atoms with van der Waals surface area (Å²) in [5, 5.41) is 18.9. The maximum atomic E-state index is 12.0. The minimum absolute atomic E-state index is 0.280. The fraction of sp³-hybridized carbons (Fsp3) is 0.333. The van der Waals surface area contributed by atoms with Crippen LogP contribution in [0.15, 0.2) is 97.1 Å². The van der Waals surface area contributed by atoms with E-state index in [1.807, 2.05) is 78.9 Å². The Morgan fingerprint density at radius 3 is 1.79 bits per heavy atom. The number of benzene rings is 3. The van der Waals surface area contributed by atoms with Crippen LogP contribution in [0.5, 0.6) is 5.75 Å². The third-order valence-corrected chi connectivity index (χ3v) is 7.61. The van der Waals surface area contributed by atoms with Gasteiger partial charge in [-0.25, -0.2) is 9.59 Å². The Morgan fingerprint density at radius 1 is 0.667 bits per heavy atom. The van der Waals surface area contributed by atoms with Crippen LogP contribution in [0.1, 0.15) is 73.7 Å². The van der Waals surface area contributed by atoms with Crippen molar-refractivity contribution in [2.75, 3.05) is 13.2 Å². The molecule has 1 aliphatic carbocycles. The molecule has 2 N–H and O–H groups in total. The first-order valence-corrected chi connectivity index (χ1v) is 14.9. The molecule has 0 saturated carbocycles. The lowest BCUT2D eigenvalue weighted by molar-refractivity contribution is -0.159. The van der Waals surface area contributed by atoms with Crippen LogP contribution in [0.25, 0.3) is 16.7 Å². The van der Waals surface area contributed by atoms with Crippen molar-refractivity contribution in [3.63, 3.8) is 0 Å². The van der Waals surface area contributed by atoms with Gasteiger partial charge in [0.2, 0.25) is 0 Å². The molecule has 0 amide bonds. The summed E-state index contributed by atoms with van der Waals surface area (Å²) in [4.78, 5) is 23.0. The van der Waals surface area contributed by atoms with Crippen LogP contribution in [-0.2, 0) is 9.53 Å². The maximum Gasteiger partial charge on any atom is 0.340 e. The summed E-state index contributed by atoms with van der Waals surface area (Å²) in [7, 11) is 0. The summed E-state index contributed by atoms with van der Waals surface area (Å²) >= 11 is 0. The van der Waals surface area contributed by atoms with E-state index in [1.165, 1.54) is 19.3 Å². The lowest BCUT2D eigenvalue weighted by Gasteiger charge is -2.28. The number of carboxylic acid groups (broad SMARTS) is 2. The molecule has 0 radical (unpaired) electrons. The Balaban J connectivity index is 1.02. The van der Waals surface area contributed by atoms with Gasteiger partial charge in [0.15, 0.2) is 5.60 Å². The van der Waals surface area contributed by atoms with Crippen molar-refractivity contribution < 1.29 is 29.3 Å². The van der Waals surface area contributed by atoms with Crippen molar-refractivity contribution >= 4 is 17.5 Å². The van der Waals surface area contributed by atoms with Gasteiger partial charge < -0.3 is 19.7 Å². The van der Waals surface area contributed by atoms with Gasteiger partial charge in [0.05, 0.1) is 12.2 Å². The fourth-order valence-electron chi connectivity index (χ4n) is 5.05. The fourth-order valence-corrected chi connectivity index (χ4v) is 5.05. The van der Waals surface area contributed by atoms with E-state index in [1.54, 1.807) is 18.2 Å². The molecular weight excluding hydrogens is 528 g/mol. The summed E-state index contributed by atoms with van der Waals surface area (Å²) in [6.07, 6.45) is 14.5. The lowest BCUT2D eigenvalue weighted by atomic mass is 9.89. The minimum atomic E-state index is -1.27. The number of aromatic carboxylic acids is 1. The van der Waals surface area contributed by atoms with E-state index in [4.69, 9.17) is 14.6 Å². The minimum Gasteiger partial charge on any atom is -0.494 e. The van der Waals surface area contributed by atoms with Gasteiger partial charge in [-0.05, 0) is 65.4 Å². The molecule has 1 aliphatic rings. The molecule has 0 spiro atoms. The predicted octanol–water partition coefficient (Wildman–Crippen LogP) is 8.43. The Labute approximate surface area is 248 Å². The number of hydrogen-bond donors (Lipinski definition) is 2. The average molecular weight is 569 g/mol. The van der Waals surface area contributed by atoms with Crippen LogP contribution in [0.3, 0.4) is 0 Å². The van der Waals surface area contributed by atoms with Crippen molar-refractivity contribution in [3.8, 4) is 16.9 Å². The summed E-state index contributed by atoms with van der Waals surface area (Å²) < 4.78 is 11.8. The van der Waals surface area contributed by atoms with Gasteiger partial charge in [-0.2, -0.15) is 0 Å². The number of hydrogen-bond acceptors (Lipinski definition) is 4.